The zero-order chi connectivity index (χ0) is 14.7. The number of aliphatic hydroxyl groups is 1. The summed E-state index contributed by atoms with van der Waals surface area (Å²) in [7, 11) is 0. The van der Waals surface area contributed by atoms with Gasteiger partial charge in [0.05, 0.1) is 17.0 Å². The maximum absolute atomic E-state index is 12.3. The van der Waals surface area contributed by atoms with E-state index >= 15 is 0 Å². The smallest absolute Gasteiger partial charge is 0.274 e. The summed E-state index contributed by atoms with van der Waals surface area (Å²) in [6, 6.07) is 5.43. The van der Waals surface area contributed by atoms with E-state index in [-0.39, 0.29) is 18.2 Å². The van der Waals surface area contributed by atoms with Crippen LogP contribution >= 0.6 is 11.3 Å². The second-order valence-electron chi connectivity index (χ2n) is 5.06. The summed E-state index contributed by atoms with van der Waals surface area (Å²) in [5, 5.41) is 18.2. The van der Waals surface area contributed by atoms with E-state index in [4.69, 9.17) is 9.26 Å². The number of hydrogen-bond acceptors (Lipinski definition) is 6. The number of carbonyl (C=O) groups excluding carboxylic acids is 1. The van der Waals surface area contributed by atoms with Crippen molar-refractivity contribution in [3.05, 3.63) is 29.3 Å². The molecule has 21 heavy (non-hydrogen) atoms. The van der Waals surface area contributed by atoms with Crippen LogP contribution in [0.3, 0.4) is 0 Å². The van der Waals surface area contributed by atoms with Gasteiger partial charge in [0.1, 0.15) is 0 Å². The Hall–Kier alpha value is -1.70. The van der Waals surface area contributed by atoms with Gasteiger partial charge in [-0.15, -0.1) is 11.3 Å². The van der Waals surface area contributed by atoms with E-state index in [0.717, 1.165) is 4.88 Å². The molecule has 0 spiro atoms. The second-order valence-corrected chi connectivity index (χ2v) is 6.01. The quantitative estimate of drug-likeness (QED) is 0.897. The largest absolute Gasteiger partial charge is 0.394 e. The molecule has 112 valence electrons. The van der Waals surface area contributed by atoms with E-state index in [2.05, 4.69) is 10.5 Å². The van der Waals surface area contributed by atoms with Crippen LogP contribution in [-0.2, 0) is 4.74 Å². The summed E-state index contributed by atoms with van der Waals surface area (Å²) in [6.07, 6.45) is 1.18. The Kier molecular flexibility index (Phi) is 4.05. The summed E-state index contributed by atoms with van der Waals surface area (Å²) in [4.78, 5) is 13.2. The molecule has 6 nitrogen and oxygen atoms in total. The van der Waals surface area contributed by atoms with E-state index < -0.39 is 5.54 Å². The first kappa shape index (κ1) is 14.2. The summed E-state index contributed by atoms with van der Waals surface area (Å²) in [5.41, 5.74) is -0.407. The number of aliphatic hydroxyl groups excluding tert-OH is 1. The van der Waals surface area contributed by atoms with Gasteiger partial charge in [-0.3, -0.25) is 4.79 Å². The zero-order valence-corrected chi connectivity index (χ0v) is 12.2. The minimum absolute atomic E-state index is 0.113. The normalized spacial score (nSPS) is 17.6. The van der Waals surface area contributed by atoms with Crippen LogP contribution in [0.15, 0.2) is 28.1 Å². The van der Waals surface area contributed by atoms with Crippen LogP contribution in [0.25, 0.3) is 10.6 Å². The van der Waals surface area contributed by atoms with E-state index in [1.165, 1.54) is 11.3 Å². The van der Waals surface area contributed by atoms with Crippen molar-refractivity contribution < 1.29 is 19.2 Å². The minimum Gasteiger partial charge on any atom is -0.394 e. The molecule has 0 atom stereocenters. The van der Waals surface area contributed by atoms with Crippen LogP contribution in [0, 0.1) is 0 Å². The molecule has 7 heteroatoms. The van der Waals surface area contributed by atoms with Crippen LogP contribution in [0.2, 0.25) is 0 Å². The Morgan fingerprint density at radius 1 is 1.48 bits per heavy atom. The summed E-state index contributed by atoms with van der Waals surface area (Å²) in [6.45, 7) is 0.942. The summed E-state index contributed by atoms with van der Waals surface area (Å²) in [5.74, 6) is 0.234. The van der Waals surface area contributed by atoms with Gasteiger partial charge in [0.2, 0.25) is 0 Å². The molecule has 2 aromatic heterocycles. The molecular formula is C14H16N2O4S. The Labute approximate surface area is 125 Å². The maximum Gasteiger partial charge on any atom is 0.274 e. The number of nitrogens with one attached hydrogen (secondary N) is 1. The highest BCUT2D eigenvalue weighted by Crippen LogP contribution is 2.26. The monoisotopic (exact) mass is 308 g/mol. The third kappa shape index (κ3) is 2.99. The number of ether oxygens (including phenoxy) is 1. The topological polar surface area (TPSA) is 84.6 Å². The first-order chi connectivity index (χ1) is 10.2. The van der Waals surface area contributed by atoms with Gasteiger partial charge in [0.15, 0.2) is 11.5 Å². The Bertz CT molecular complexity index is 602. The predicted octanol–water partition coefficient (Wildman–Crippen LogP) is 1.67. The van der Waals surface area contributed by atoms with E-state index in [1.807, 2.05) is 17.5 Å². The van der Waals surface area contributed by atoms with Crippen LogP contribution in [0.4, 0.5) is 0 Å². The number of aromatic nitrogens is 1. The molecule has 1 fully saturated rings. The Morgan fingerprint density at radius 3 is 2.95 bits per heavy atom. The van der Waals surface area contributed by atoms with Crippen LogP contribution in [0.1, 0.15) is 23.3 Å². The molecule has 1 saturated heterocycles. The van der Waals surface area contributed by atoms with Gasteiger partial charge < -0.3 is 19.7 Å². The SMILES string of the molecule is O=C(NC1(CO)CCOCC1)c1cc(-c2cccs2)on1. The van der Waals surface area contributed by atoms with E-state index in [1.54, 1.807) is 6.07 Å². The molecule has 0 aliphatic carbocycles. The highest BCUT2D eigenvalue weighted by molar-refractivity contribution is 7.13. The molecular weight excluding hydrogens is 292 g/mol. The van der Waals surface area contributed by atoms with E-state index in [9.17, 15) is 9.90 Å². The van der Waals surface area contributed by atoms with E-state index in [0.29, 0.717) is 31.8 Å². The fraction of sp³-hybridized carbons (Fsp3) is 0.429. The van der Waals surface area contributed by atoms with Gasteiger partial charge >= 0.3 is 0 Å². The predicted molar refractivity (Wildman–Crippen MR) is 77.2 cm³/mol. The lowest BCUT2D eigenvalue weighted by Crippen LogP contribution is -2.54. The lowest BCUT2D eigenvalue weighted by Gasteiger charge is -2.35. The van der Waals surface area contributed by atoms with Crippen molar-refractivity contribution in [3.63, 3.8) is 0 Å². The molecule has 0 saturated carbocycles. The first-order valence-corrected chi connectivity index (χ1v) is 7.62. The summed E-state index contributed by atoms with van der Waals surface area (Å²) >= 11 is 1.52. The third-order valence-corrected chi connectivity index (χ3v) is 4.52. The van der Waals surface area contributed by atoms with Crippen LogP contribution in [-0.4, -0.2) is 41.5 Å². The zero-order valence-electron chi connectivity index (χ0n) is 11.4. The first-order valence-electron chi connectivity index (χ1n) is 6.74. The van der Waals surface area contributed by atoms with Crippen LogP contribution in [0.5, 0.6) is 0 Å². The molecule has 3 rings (SSSR count). The number of nitrogens with zero attached hydrogens (tertiary/aromatic N) is 1. The fourth-order valence-corrected chi connectivity index (χ4v) is 2.98. The summed E-state index contributed by atoms with van der Waals surface area (Å²) < 4.78 is 10.5. The standard InChI is InChI=1S/C14H16N2O4S/c17-9-14(3-5-19-6-4-14)15-13(18)10-8-11(20-16-10)12-2-1-7-21-12/h1-2,7-8,17H,3-6,9H2,(H,15,18). The molecule has 3 heterocycles. The second kappa shape index (κ2) is 5.97. The number of rotatable bonds is 4. The fourth-order valence-electron chi connectivity index (χ4n) is 2.31. The van der Waals surface area contributed by atoms with Crippen molar-refractivity contribution in [2.45, 2.75) is 18.4 Å². The minimum atomic E-state index is -0.628. The van der Waals surface area contributed by atoms with Crippen molar-refractivity contribution >= 4 is 17.2 Å². The molecule has 1 aliphatic rings. The van der Waals surface area contributed by atoms with Crippen molar-refractivity contribution in [1.29, 1.82) is 0 Å². The Balaban J connectivity index is 1.73. The van der Waals surface area contributed by atoms with Crippen molar-refractivity contribution in [2.24, 2.45) is 0 Å². The molecule has 2 N–H and O–H groups in total. The highest BCUT2D eigenvalue weighted by atomic mass is 32.1. The van der Waals surface area contributed by atoms with Gasteiger partial charge in [-0.2, -0.15) is 0 Å². The number of carbonyl (C=O) groups is 1. The van der Waals surface area contributed by atoms with Crippen molar-refractivity contribution in [2.75, 3.05) is 19.8 Å². The Morgan fingerprint density at radius 2 is 2.29 bits per heavy atom. The molecule has 1 aliphatic heterocycles. The lowest BCUT2D eigenvalue weighted by atomic mass is 9.91. The van der Waals surface area contributed by atoms with Crippen molar-refractivity contribution in [3.8, 4) is 10.6 Å². The average Bonchev–Trinajstić information content (AvgIpc) is 3.19. The van der Waals surface area contributed by atoms with Gasteiger partial charge in [0, 0.05) is 19.3 Å². The number of amides is 1. The van der Waals surface area contributed by atoms with Gasteiger partial charge in [-0.1, -0.05) is 11.2 Å². The molecule has 0 radical (unpaired) electrons. The third-order valence-electron chi connectivity index (χ3n) is 3.64. The van der Waals surface area contributed by atoms with Gasteiger partial charge in [-0.05, 0) is 24.3 Å². The maximum atomic E-state index is 12.3. The van der Waals surface area contributed by atoms with Crippen LogP contribution < -0.4 is 5.32 Å². The highest BCUT2D eigenvalue weighted by Gasteiger charge is 2.34. The van der Waals surface area contributed by atoms with Gasteiger partial charge in [-0.25, -0.2) is 0 Å². The lowest BCUT2D eigenvalue weighted by molar-refractivity contribution is 0.0123. The molecule has 2 aromatic rings. The van der Waals surface area contributed by atoms with Crippen molar-refractivity contribution in [1.82, 2.24) is 10.5 Å². The molecule has 0 bridgehead atoms. The van der Waals surface area contributed by atoms with Gasteiger partial charge in [0.25, 0.3) is 5.91 Å². The molecule has 0 unspecified atom stereocenters. The molecule has 0 aromatic carbocycles. The average molecular weight is 308 g/mol. The number of thiophene rings is 1. The number of hydrogen-bond donors (Lipinski definition) is 2. The molecule has 1 amide bonds.